The Kier molecular flexibility index (Phi) is 4.46. The second kappa shape index (κ2) is 7.07. The fourth-order valence-electron chi connectivity index (χ4n) is 3.52. The lowest BCUT2D eigenvalue weighted by molar-refractivity contribution is -0.145. The molecule has 0 unspecified atom stereocenters. The van der Waals surface area contributed by atoms with Gasteiger partial charge < -0.3 is 15.0 Å². The van der Waals surface area contributed by atoms with Crippen LogP contribution in [0.15, 0.2) is 54.9 Å². The summed E-state index contributed by atoms with van der Waals surface area (Å²) < 4.78 is 4.84. The van der Waals surface area contributed by atoms with Crippen LogP contribution in [0, 0.1) is 5.92 Å². The number of ketones is 1. The number of carbonyl (C=O) groups excluding carboxylic acids is 2. The minimum absolute atomic E-state index is 0.0679. The third-order valence-electron chi connectivity index (χ3n) is 4.79. The Hall–Kier alpha value is -3.41. The highest BCUT2D eigenvalue weighted by atomic mass is 16.5. The zero-order chi connectivity index (χ0) is 18.8. The number of anilines is 2. The molecule has 0 aliphatic heterocycles. The van der Waals surface area contributed by atoms with Gasteiger partial charge in [-0.05, 0) is 24.3 Å². The maximum absolute atomic E-state index is 12.9. The van der Waals surface area contributed by atoms with Gasteiger partial charge >= 0.3 is 5.97 Å². The molecule has 6 nitrogen and oxygen atoms in total. The maximum Gasteiger partial charge on any atom is 0.309 e. The summed E-state index contributed by atoms with van der Waals surface area (Å²) in [6.07, 6.45) is 4.01. The van der Waals surface area contributed by atoms with Crippen molar-refractivity contribution in [1.29, 1.82) is 0 Å². The molecule has 0 spiro atoms. The van der Waals surface area contributed by atoms with Crippen molar-refractivity contribution in [2.45, 2.75) is 12.8 Å². The average Bonchev–Trinajstić information content (AvgIpc) is 3.07. The standard InChI is InChI=1S/C21H19N3O3/c1-27-21(26)14-11-16-18(17(25)12-14)20(23-15-5-3-2-4-6-15)19(24-16)13-7-9-22-10-8-13/h2-10,14,23-24H,11-12H2,1H3/t14-/m0/s1. The number of pyridine rings is 1. The number of aromatic amines is 1. The van der Waals surface area contributed by atoms with Crippen LogP contribution in [0.3, 0.4) is 0 Å². The van der Waals surface area contributed by atoms with E-state index in [9.17, 15) is 9.59 Å². The van der Waals surface area contributed by atoms with Crippen LogP contribution < -0.4 is 5.32 Å². The van der Waals surface area contributed by atoms with Crippen molar-refractivity contribution >= 4 is 23.1 Å². The van der Waals surface area contributed by atoms with Crippen molar-refractivity contribution in [3.8, 4) is 11.3 Å². The number of hydrogen-bond acceptors (Lipinski definition) is 5. The van der Waals surface area contributed by atoms with Gasteiger partial charge in [-0.1, -0.05) is 18.2 Å². The number of benzene rings is 1. The molecule has 6 heteroatoms. The van der Waals surface area contributed by atoms with Gasteiger partial charge in [-0.3, -0.25) is 14.6 Å². The molecule has 0 saturated heterocycles. The largest absolute Gasteiger partial charge is 0.469 e. The predicted octanol–water partition coefficient (Wildman–Crippen LogP) is 3.74. The molecule has 0 saturated carbocycles. The molecule has 1 aliphatic carbocycles. The Morgan fingerprint density at radius 2 is 1.89 bits per heavy atom. The normalized spacial score (nSPS) is 15.9. The summed E-state index contributed by atoms with van der Waals surface area (Å²) in [5.74, 6) is -0.878. The van der Waals surface area contributed by atoms with Crippen LogP contribution in [0.5, 0.6) is 0 Å². The van der Waals surface area contributed by atoms with E-state index in [2.05, 4.69) is 15.3 Å². The SMILES string of the molecule is COC(=O)[C@@H]1CC(=O)c2c([nH]c(-c3ccncc3)c2Nc2ccccc2)C1. The minimum Gasteiger partial charge on any atom is -0.469 e. The summed E-state index contributed by atoms with van der Waals surface area (Å²) in [5.41, 5.74) is 4.72. The van der Waals surface area contributed by atoms with E-state index < -0.39 is 5.92 Å². The van der Waals surface area contributed by atoms with Gasteiger partial charge in [0.05, 0.1) is 30.0 Å². The summed E-state index contributed by atoms with van der Waals surface area (Å²) in [6.45, 7) is 0. The first-order valence-electron chi connectivity index (χ1n) is 8.75. The van der Waals surface area contributed by atoms with E-state index in [0.29, 0.717) is 12.0 Å². The molecule has 136 valence electrons. The van der Waals surface area contributed by atoms with Crippen LogP contribution in [0.4, 0.5) is 11.4 Å². The minimum atomic E-state index is -0.455. The fourth-order valence-corrected chi connectivity index (χ4v) is 3.52. The molecule has 2 N–H and O–H groups in total. The van der Waals surface area contributed by atoms with E-state index >= 15 is 0 Å². The van der Waals surface area contributed by atoms with Crippen LogP contribution in [0.25, 0.3) is 11.3 Å². The summed E-state index contributed by atoms with van der Waals surface area (Å²) >= 11 is 0. The van der Waals surface area contributed by atoms with Gasteiger partial charge in [-0.25, -0.2) is 0 Å². The van der Waals surface area contributed by atoms with E-state index in [1.54, 1.807) is 12.4 Å². The quantitative estimate of drug-likeness (QED) is 0.692. The van der Waals surface area contributed by atoms with Crippen LogP contribution in [0.2, 0.25) is 0 Å². The molecule has 27 heavy (non-hydrogen) atoms. The zero-order valence-electron chi connectivity index (χ0n) is 14.9. The van der Waals surface area contributed by atoms with Gasteiger partial charge in [-0.2, -0.15) is 0 Å². The summed E-state index contributed by atoms with van der Waals surface area (Å²) in [4.78, 5) is 32.3. The number of ether oxygens (including phenoxy) is 1. The lowest BCUT2D eigenvalue weighted by atomic mass is 9.86. The molecule has 2 heterocycles. The molecule has 4 rings (SSSR count). The fraction of sp³-hybridized carbons (Fsp3) is 0.190. The van der Waals surface area contributed by atoms with Crippen LogP contribution in [0.1, 0.15) is 22.5 Å². The topological polar surface area (TPSA) is 84.1 Å². The number of rotatable bonds is 4. The van der Waals surface area contributed by atoms with Crippen LogP contribution >= 0.6 is 0 Å². The number of fused-ring (bicyclic) bond motifs is 1. The molecule has 1 aromatic carbocycles. The Morgan fingerprint density at radius 1 is 1.15 bits per heavy atom. The monoisotopic (exact) mass is 361 g/mol. The Labute approximate surface area is 156 Å². The van der Waals surface area contributed by atoms with E-state index in [1.807, 2.05) is 42.5 Å². The Bertz CT molecular complexity index is 981. The average molecular weight is 361 g/mol. The van der Waals surface area contributed by atoms with E-state index in [1.165, 1.54) is 7.11 Å². The predicted molar refractivity (Wildman–Crippen MR) is 102 cm³/mol. The number of H-pyrrole nitrogens is 1. The number of esters is 1. The Morgan fingerprint density at radius 3 is 2.59 bits per heavy atom. The van der Waals surface area contributed by atoms with Crippen molar-refractivity contribution in [1.82, 2.24) is 9.97 Å². The van der Waals surface area contributed by atoms with Gasteiger partial charge in [0.25, 0.3) is 0 Å². The van der Waals surface area contributed by atoms with Crippen LogP contribution in [-0.2, 0) is 16.0 Å². The molecule has 0 radical (unpaired) electrons. The summed E-state index contributed by atoms with van der Waals surface area (Å²) in [5, 5.41) is 3.38. The molecule has 1 atom stereocenters. The number of para-hydroxylation sites is 1. The summed E-state index contributed by atoms with van der Waals surface area (Å²) in [6, 6.07) is 13.5. The lowest BCUT2D eigenvalue weighted by Crippen LogP contribution is -2.27. The number of aromatic nitrogens is 2. The molecule has 0 fully saturated rings. The molecule has 0 bridgehead atoms. The van der Waals surface area contributed by atoms with Crippen molar-refractivity contribution in [2.75, 3.05) is 12.4 Å². The molecule has 0 amide bonds. The van der Waals surface area contributed by atoms with Crippen molar-refractivity contribution in [3.63, 3.8) is 0 Å². The maximum atomic E-state index is 12.9. The van der Waals surface area contributed by atoms with E-state index in [0.717, 1.165) is 28.3 Å². The number of nitrogens with one attached hydrogen (secondary N) is 2. The molecule has 2 aromatic heterocycles. The van der Waals surface area contributed by atoms with Gasteiger partial charge in [0.2, 0.25) is 0 Å². The smallest absolute Gasteiger partial charge is 0.309 e. The van der Waals surface area contributed by atoms with E-state index in [4.69, 9.17) is 4.74 Å². The Balaban J connectivity index is 1.82. The number of carbonyl (C=O) groups is 2. The van der Waals surface area contributed by atoms with Crippen molar-refractivity contribution in [2.24, 2.45) is 5.92 Å². The number of methoxy groups -OCH3 is 1. The van der Waals surface area contributed by atoms with Gasteiger partial charge in [0.15, 0.2) is 5.78 Å². The van der Waals surface area contributed by atoms with Crippen LogP contribution in [-0.4, -0.2) is 28.8 Å². The molecule has 1 aliphatic rings. The second-order valence-electron chi connectivity index (χ2n) is 6.51. The first-order chi connectivity index (χ1) is 13.2. The lowest BCUT2D eigenvalue weighted by Gasteiger charge is -2.20. The third kappa shape index (κ3) is 3.21. The van der Waals surface area contributed by atoms with Gasteiger partial charge in [-0.15, -0.1) is 0 Å². The molecular weight excluding hydrogens is 342 g/mol. The zero-order valence-corrected chi connectivity index (χ0v) is 14.9. The number of nitrogens with zero attached hydrogens (tertiary/aromatic N) is 1. The second-order valence-corrected chi connectivity index (χ2v) is 6.51. The highest BCUT2D eigenvalue weighted by molar-refractivity contribution is 6.08. The highest BCUT2D eigenvalue weighted by Gasteiger charge is 2.35. The summed E-state index contributed by atoms with van der Waals surface area (Å²) in [7, 11) is 1.35. The number of hydrogen-bond donors (Lipinski definition) is 2. The van der Waals surface area contributed by atoms with Gasteiger partial charge in [0, 0.05) is 42.2 Å². The highest BCUT2D eigenvalue weighted by Crippen LogP contribution is 2.39. The molecule has 3 aromatic rings. The third-order valence-corrected chi connectivity index (χ3v) is 4.79. The van der Waals surface area contributed by atoms with Crippen molar-refractivity contribution in [3.05, 3.63) is 66.1 Å². The molecular formula is C21H19N3O3. The van der Waals surface area contributed by atoms with Gasteiger partial charge in [0.1, 0.15) is 0 Å². The van der Waals surface area contributed by atoms with E-state index in [-0.39, 0.29) is 18.2 Å². The first-order valence-corrected chi connectivity index (χ1v) is 8.75. The first kappa shape index (κ1) is 17.0. The number of Topliss-reactive ketones (excluding diaryl/α,β-unsaturated/α-hetero) is 1. The van der Waals surface area contributed by atoms with Crippen molar-refractivity contribution < 1.29 is 14.3 Å².